The van der Waals surface area contributed by atoms with Gasteiger partial charge in [0.25, 0.3) is 0 Å². The first-order valence-electron chi connectivity index (χ1n) is 6.51. The van der Waals surface area contributed by atoms with Crippen molar-refractivity contribution in [2.75, 3.05) is 25.5 Å². The van der Waals surface area contributed by atoms with E-state index in [9.17, 15) is 4.79 Å². The molecule has 4 N–H and O–H groups in total. The van der Waals surface area contributed by atoms with E-state index in [1.54, 1.807) is 7.11 Å². The van der Waals surface area contributed by atoms with Gasteiger partial charge in [0.15, 0.2) is 5.96 Å². The van der Waals surface area contributed by atoms with Crippen LogP contribution in [0.1, 0.15) is 13.8 Å². The Kier molecular flexibility index (Phi) is 6.36. The number of ether oxygens (including phenoxy) is 1. The molecular weight excluding hydrogens is 256 g/mol. The smallest absolute Gasteiger partial charge is 0.222 e. The number of nitrogens with zero attached hydrogens (tertiary/aromatic N) is 1. The molecule has 6 heteroatoms. The van der Waals surface area contributed by atoms with E-state index < -0.39 is 0 Å². The summed E-state index contributed by atoms with van der Waals surface area (Å²) in [5.74, 6) is 1.09. The average molecular weight is 278 g/mol. The Bertz CT molecular complexity index is 455. The molecule has 0 saturated heterocycles. The number of carbonyl (C=O) groups is 1. The number of anilines is 1. The molecule has 0 spiro atoms. The third kappa shape index (κ3) is 5.60. The molecular formula is C14H22N4O2. The lowest BCUT2D eigenvalue weighted by atomic mass is 10.2. The molecule has 0 aliphatic carbocycles. The van der Waals surface area contributed by atoms with E-state index >= 15 is 0 Å². The van der Waals surface area contributed by atoms with Gasteiger partial charge in [0, 0.05) is 18.2 Å². The van der Waals surface area contributed by atoms with Crippen LogP contribution in [0.5, 0.6) is 5.75 Å². The zero-order chi connectivity index (χ0) is 15.0. The van der Waals surface area contributed by atoms with Gasteiger partial charge in [-0.25, -0.2) is 0 Å². The van der Waals surface area contributed by atoms with Crippen molar-refractivity contribution in [3.63, 3.8) is 0 Å². The van der Waals surface area contributed by atoms with Gasteiger partial charge in [0.05, 0.1) is 13.7 Å². The fourth-order valence-electron chi connectivity index (χ4n) is 1.42. The van der Waals surface area contributed by atoms with E-state index in [1.165, 1.54) is 0 Å². The van der Waals surface area contributed by atoms with E-state index in [0.29, 0.717) is 19.0 Å². The van der Waals surface area contributed by atoms with Gasteiger partial charge in [-0.2, -0.15) is 0 Å². The molecule has 1 aromatic carbocycles. The summed E-state index contributed by atoms with van der Waals surface area (Å²) >= 11 is 0. The second-order valence-corrected chi connectivity index (χ2v) is 4.57. The molecule has 1 aromatic rings. The highest BCUT2D eigenvalue weighted by Gasteiger charge is 2.04. The molecule has 0 unspecified atom stereocenters. The van der Waals surface area contributed by atoms with Gasteiger partial charge >= 0.3 is 0 Å². The SMILES string of the molecule is COc1ccc(NC(N)=NCCNC(=O)C(C)C)cc1. The minimum atomic E-state index is -0.0197. The van der Waals surface area contributed by atoms with Crippen molar-refractivity contribution in [3.8, 4) is 5.75 Å². The Balaban J connectivity index is 2.35. The van der Waals surface area contributed by atoms with Crippen LogP contribution in [-0.2, 0) is 4.79 Å². The van der Waals surface area contributed by atoms with Crippen LogP contribution < -0.4 is 21.1 Å². The topological polar surface area (TPSA) is 88.7 Å². The molecule has 0 fully saturated rings. The van der Waals surface area contributed by atoms with E-state index in [0.717, 1.165) is 11.4 Å². The summed E-state index contributed by atoms with van der Waals surface area (Å²) in [4.78, 5) is 15.5. The predicted octanol–water partition coefficient (Wildman–Crippen LogP) is 1.19. The molecule has 0 aliphatic rings. The van der Waals surface area contributed by atoms with Crippen LogP contribution in [0.2, 0.25) is 0 Å². The lowest BCUT2D eigenvalue weighted by Gasteiger charge is -2.08. The number of nitrogens with two attached hydrogens (primary N) is 1. The van der Waals surface area contributed by atoms with Crippen molar-refractivity contribution < 1.29 is 9.53 Å². The predicted molar refractivity (Wildman–Crippen MR) is 81.0 cm³/mol. The highest BCUT2D eigenvalue weighted by Crippen LogP contribution is 2.14. The van der Waals surface area contributed by atoms with Crippen molar-refractivity contribution in [2.24, 2.45) is 16.6 Å². The minimum absolute atomic E-state index is 0.0156. The van der Waals surface area contributed by atoms with Crippen LogP contribution in [0, 0.1) is 5.92 Å². The fraction of sp³-hybridized carbons (Fsp3) is 0.429. The highest BCUT2D eigenvalue weighted by atomic mass is 16.5. The maximum Gasteiger partial charge on any atom is 0.222 e. The second-order valence-electron chi connectivity index (χ2n) is 4.57. The molecule has 6 nitrogen and oxygen atoms in total. The van der Waals surface area contributed by atoms with Crippen molar-refractivity contribution in [3.05, 3.63) is 24.3 Å². The van der Waals surface area contributed by atoms with E-state index in [4.69, 9.17) is 10.5 Å². The van der Waals surface area contributed by atoms with Gasteiger partial charge in [-0.3, -0.25) is 9.79 Å². The van der Waals surface area contributed by atoms with Gasteiger partial charge < -0.3 is 21.1 Å². The van der Waals surface area contributed by atoms with Crippen molar-refractivity contribution >= 4 is 17.6 Å². The van der Waals surface area contributed by atoms with Gasteiger partial charge in [0.1, 0.15) is 5.75 Å². The number of benzene rings is 1. The van der Waals surface area contributed by atoms with E-state index in [2.05, 4.69) is 15.6 Å². The molecule has 0 atom stereocenters. The highest BCUT2D eigenvalue weighted by molar-refractivity contribution is 5.92. The molecule has 20 heavy (non-hydrogen) atoms. The third-order valence-corrected chi connectivity index (χ3v) is 2.58. The summed E-state index contributed by atoms with van der Waals surface area (Å²) in [7, 11) is 1.61. The minimum Gasteiger partial charge on any atom is -0.497 e. The molecule has 1 rings (SSSR count). The van der Waals surface area contributed by atoms with Crippen LogP contribution in [0.3, 0.4) is 0 Å². The second kappa shape index (κ2) is 8.04. The summed E-state index contributed by atoms with van der Waals surface area (Å²) in [6.45, 7) is 4.60. The quantitative estimate of drug-likeness (QED) is 0.414. The summed E-state index contributed by atoms with van der Waals surface area (Å²) in [5.41, 5.74) is 6.58. The van der Waals surface area contributed by atoms with Crippen molar-refractivity contribution in [1.29, 1.82) is 0 Å². The monoisotopic (exact) mass is 278 g/mol. The van der Waals surface area contributed by atoms with E-state index in [-0.39, 0.29) is 11.8 Å². The van der Waals surface area contributed by atoms with Crippen molar-refractivity contribution in [1.82, 2.24) is 5.32 Å². The maximum atomic E-state index is 11.3. The van der Waals surface area contributed by atoms with Crippen LogP contribution in [0.4, 0.5) is 5.69 Å². The molecule has 0 aromatic heterocycles. The first-order valence-corrected chi connectivity index (χ1v) is 6.51. The number of carbonyl (C=O) groups excluding carboxylic acids is 1. The van der Waals surface area contributed by atoms with Crippen LogP contribution in [0.15, 0.2) is 29.3 Å². The Labute approximate surface area is 119 Å². The lowest BCUT2D eigenvalue weighted by molar-refractivity contribution is -0.123. The first kappa shape index (κ1) is 15.8. The van der Waals surface area contributed by atoms with Gasteiger partial charge in [-0.1, -0.05) is 13.8 Å². The number of nitrogens with one attached hydrogen (secondary N) is 2. The Morgan fingerprint density at radius 1 is 1.35 bits per heavy atom. The number of hydrogen-bond acceptors (Lipinski definition) is 3. The first-order chi connectivity index (χ1) is 9.52. The normalized spacial score (nSPS) is 11.3. The third-order valence-electron chi connectivity index (χ3n) is 2.58. The number of methoxy groups -OCH3 is 1. The Morgan fingerprint density at radius 3 is 2.55 bits per heavy atom. The zero-order valence-corrected chi connectivity index (χ0v) is 12.1. The molecule has 110 valence electrons. The zero-order valence-electron chi connectivity index (χ0n) is 12.1. The number of amides is 1. The van der Waals surface area contributed by atoms with Gasteiger partial charge in [-0.15, -0.1) is 0 Å². The number of rotatable bonds is 6. The maximum absolute atomic E-state index is 11.3. The summed E-state index contributed by atoms with van der Waals surface area (Å²) in [6, 6.07) is 7.36. The van der Waals surface area contributed by atoms with Crippen molar-refractivity contribution in [2.45, 2.75) is 13.8 Å². The molecule has 0 saturated carbocycles. The lowest BCUT2D eigenvalue weighted by Crippen LogP contribution is -2.31. The standard InChI is InChI=1S/C14H22N4O2/c1-10(2)13(19)16-8-9-17-14(15)18-11-4-6-12(20-3)7-5-11/h4-7,10H,8-9H2,1-3H3,(H,16,19)(H3,15,17,18). The molecule has 0 radical (unpaired) electrons. The number of hydrogen-bond donors (Lipinski definition) is 3. The number of guanidine groups is 1. The van der Waals surface area contributed by atoms with E-state index in [1.807, 2.05) is 38.1 Å². The largest absolute Gasteiger partial charge is 0.497 e. The Morgan fingerprint density at radius 2 is 2.00 bits per heavy atom. The Hall–Kier alpha value is -2.24. The molecule has 1 amide bonds. The summed E-state index contributed by atoms with van der Waals surface area (Å²) < 4.78 is 5.07. The van der Waals surface area contributed by atoms with Crippen LogP contribution in [0.25, 0.3) is 0 Å². The summed E-state index contributed by atoms with van der Waals surface area (Å²) in [6.07, 6.45) is 0. The van der Waals surface area contributed by atoms with Gasteiger partial charge in [0.2, 0.25) is 5.91 Å². The fourth-order valence-corrected chi connectivity index (χ4v) is 1.42. The van der Waals surface area contributed by atoms with Crippen LogP contribution in [-0.4, -0.2) is 32.1 Å². The molecule has 0 heterocycles. The van der Waals surface area contributed by atoms with Crippen LogP contribution >= 0.6 is 0 Å². The molecule has 0 aliphatic heterocycles. The molecule has 0 bridgehead atoms. The summed E-state index contributed by atoms with van der Waals surface area (Å²) in [5, 5.41) is 5.73. The number of aliphatic imine (C=N–C) groups is 1. The average Bonchev–Trinajstić information content (AvgIpc) is 2.44. The van der Waals surface area contributed by atoms with Gasteiger partial charge in [-0.05, 0) is 24.3 Å².